The number of pyridine rings is 1. The van der Waals surface area contributed by atoms with Crippen LogP contribution in [0, 0.1) is 5.92 Å². The van der Waals surface area contributed by atoms with Gasteiger partial charge in [0.2, 0.25) is 0 Å². The lowest BCUT2D eigenvalue weighted by Gasteiger charge is -2.25. The van der Waals surface area contributed by atoms with E-state index in [2.05, 4.69) is 4.98 Å². The van der Waals surface area contributed by atoms with Crippen LogP contribution in [0.25, 0.3) is 0 Å². The molecular weight excluding hydrogens is 320 g/mol. The van der Waals surface area contributed by atoms with E-state index >= 15 is 0 Å². The Morgan fingerprint density at radius 3 is 2.64 bits per heavy atom. The predicted molar refractivity (Wildman–Crippen MR) is 93.2 cm³/mol. The molecule has 1 unspecified atom stereocenters. The van der Waals surface area contributed by atoms with Crippen LogP contribution in [0.1, 0.15) is 22.8 Å². The second kappa shape index (κ2) is 8.82. The van der Waals surface area contributed by atoms with E-state index in [4.69, 9.17) is 9.47 Å². The van der Waals surface area contributed by atoms with Crippen molar-refractivity contribution in [3.63, 3.8) is 0 Å². The van der Waals surface area contributed by atoms with E-state index in [1.165, 1.54) is 7.11 Å². The summed E-state index contributed by atoms with van der Waals surface area (Å²) in [6, 6.07) is 10.7. The van der Waals surface area contributed by atoms with Gasteiger partial charge < -0.3 is 14.4 Å². The van der Waals surface area contributed by atoms with Crippen LogP contribution in [0.5, 0.6) is 5.75 Å². The normalized spacial score (nSPS) is 11.5. The third kappa shape index (κ3) is 5.04. The molecule has 0 fully saturated rings. The highest BCUT2D eigenvalue weighted by molar-refractivity contribution is 5.94. The van der Waals surface area contributed by atoms with E-state index in [0.29, 0.717) is 17.9 Å². The summed E-state index contributed by atoms with van der Waals surface area (Å²) in [4.78, 5) is 30.4. The third-order valence-electron chi connectivity index (χ3n) is 3.80. The van der Waals surface area contributed by atoms with Gasteiger partial charge in [0.15, 0.2) is 0 Å². The molecule has 0 saturated carbocycles. The number of ether oxygens (including phenoxy) is 2. The number of hydrogen-bond donors (Lipinski definition) is 0. The van der Waals surface area contributed by atoms with Crippen molar-refractivity contribution in [2.75, 3.05) is 20.8 Å². The molecule has 2 aromatic rings. The molecule has 0 radical (unpaired) electrons. The first-order valence-electron chi connectivity index (χ1n) is 7.95. The Kier molecular flexibility index (Phi) is 6.51. The SMILES string of the molecule is COC(=O)C(C)CN(Cc1cccnc1)C(=O)c1cccc(OC)c1. The molecule has 1 heterocycles. The highest BCUT2D eigenvalue weighted by atomic mass is 16.5. The molecule has 0 spiro atoms. The first kappa shape index (κ1) is 18.4. The van der Waals surface area contributed by atoms with Gasteiger partial charge in [0.1, 0.15) is 5.75 Å². The molecule has 25 heavy (non-hydrogen) atoms. The van der Waals surface area contributed by atoms with E-state index in [1.807, 2.05) is 12.1 Å². The minimum absolute atomic E-state index is 0.182. The van der Waals surface area contributed by atoms with Crippen molar-refractivity contribution in [2.24, 2.45) is 5.92 Å². The van der Waals surface area contributed by atoms with Crippen molar-refractivity contribution >= 4 is 11.9 Å². The standard InChI is InChI=1S/C19H22N2O4/c1-14(19(23)25-3)12-21(13-15-6-5-9-20-11-15)18(22)16-7-4-8-17(10-16)24-2/h4-11,14H,12-13H2,1-3H3. The maximum atomic E-state index is 13.0. The summed E-state index contributed by atoms with van der Waals surface area (Å²) in [7, 11) is 2.89. The average molecular weight is 342 g/mol. The van der Waals surface area contributed by atoms with Crippen LogP contribution in [-0.2, 0) is 16.1 Å². The molecule has 132 valence electrons. The average Bonchev–Trinajstić information content (AvgIpc) is 2.66. The van der Waals surface area contributed by atoms with Crippen molar-refractivity contribution < 1.29 is 19.1 Å². The van der Waals surface area contributed by atoms with Gasteiger partial charge in [0, 0.05) is 31.0 Å². The Labute approximate surface area is 147 Å². The minimum atomic E-state index is -0.434. The van der Waals surface area contributed by atoms with Crippen molar-refractivity contribution in [1.29, 1.82) is 0 Å². The molecule has 0 aliphatic heterocycles. The molecule has 1 aromatic heterocycles. The summed E-state index contributed by atoms with van der Waals surface area (Å²) in [6.45, 7) is 2.34. The number of carbonyl (C=O) groups excluding carboxylic acids is 2. The molecule has 0 saturated heterocycles. The van der Waals surface area contributed by atoms with E-state index in [-0.39, 0.29) is 18.4 Å². The number of esters is 1. The molecule has 1 aromatic carbocycles. The highest BCUT2D eigenvalue weighted by Gasteiger charge is 2.23. The van der Waals surface area contributed by atoms with Gasteiger partial charge in [-0.2, -0.15) is 0 Å². The van der Waals surface area contributed by atoms with Gasteiger partial charge in [-0.1, -0.05) is 19.1 Å². The molecular formula is C19H22N2O4. The van der Waals surface area contributed by atoms with Crippen molar-refractivity contribution in [1.82, 2.24) is 9.88 Å². The molecule has 6 nitrogen and oxygen atoms in total. The number of aromatic nitrogens is 1. The van der Waals surface area contributed by atoms with Gasteiger partial charge in [-0.05, 0) is 29.8 Å². The fraction of sp³-hybridized carbons (Fsp3) is 0.316. The van der Waals surface area contributed by atoms with Crippen LogP contribution in [0.4, 0.5) is 0 Å². The van der Waals surface area contributed by atoms with E-state index in [1.54, 1.807) is 55.6 Å². The van der Waals surface area contributed by atoms with Gasteiger partial charge in [-0.15, -0.1) is 0 Å². The van der Waals surface area contributed by atoms with Gasteiger partial charge in [0.25, 0.3) is 5.91 Å². The van der Waals surface area contributed by atoms with Crippen LogP contribution in [0.2, 0.25) is 0 Å². The Morgan fingerprint density at radius 1 is 1.20 bits per heavy atom. The first-order chi connectivity index (χ1) is 12.0. The second-order valence-electron chi connectivity index (χ2n) is 5.70. The molecule has 0 N–H and O–H groups in total. The smallest absolute Gasteiger partial charge is 0.310 e. The molecule has 0 aliphatic carbocycles. The largest absolute Gasteiger partial charge is 0.497 e. The Morgan fingerprint density at radius 2 is 2.00 bits per heavy atom. The van der Waals surface area contributed by atoms with Crippen molar-refractivity contribution in [3.05, 3.63) is 59.9 Å². The molecule has 1 atom stereocenters. The summed E-state index contributed by atoms with van der Waals surface area (Å²) >= 11 is 0. The maximum Gasteiger partial charge on any atom is 0.310 e. The Bertz CT molecular complexity index is 718. The Hall–Kier alpha value is -2.89. The minimum Gasteiger partial charge on any atom is -0.497 e. The van der Waals surface area contributed by atoms with E-state index in [0.717, 1.165) is 5.56 Å². The zero-order valence-corrected chi connectivity index (χ0v) is 14.6. The summed E-state index contributed by atoms with van der Waals surface area (Å²) in [5.74, 6) is -0.363. The van der Waals surface area contributed by atoms with Crippen molar-refractivity contribution in [2.45, 2.75) is 13.5 Å². The highest BCUT2D eigenvalue weighted by Crippen LogP contribution is 2.17. The summed E-state index contributed by atoms with van der Waals surface area (Å²) < 4.78 is 9.96. The molecule has 6 heteroatoms. The van der Waals surface area contributed by atoms with Gasteiger partial charge in [0.05, 0.1) is 20.1 Å². The lowest BCUT2D eigenvalue weighted by molar-refractivity contribution is -0.145. The van der Waals surface area contributed by atoms with Gasteiger partial charge >= 0.3 is 5.97 Å². The third-order valence-corrected chi connectivity index (χ3v) is 3.80. The van der Waals surface area contributed by atoms with Crippen LogP contribution in [-0.4, -0.2) is 42.5 Å². The van der Waals surface area contributed by atoms with Crippen LogP contribution < -0.4 is 4.74 Å². The molecule has 0 aliphatic rings. The van der Waals surface area contributed by atoms with Crippen molar-refractivity contribution in [3.8, 4) is 5.75 Å². The van der Waals surface area contributed by atoms with E-state index < -0.39 is 5.92 Å². The topological polar surface area (TPSA) is 68.7 Å². The fourth-order valence-corrected chi connectivity index (χ4v) is 2.48. The van der Waals surface area contributed by atoms with E-state index in [9.17, 15) is 9.59 Å². The molecule has 1 amide bonds. The quantitative estimate of drug-likeness (QED) is 0.723. The summed E-state index contributed by atoms with van der Waals surface area (Å²) in [5.41, 5.74) is 1.39. The zero-order valence-electron chi connectivity index (χ0n) is 14.6. The first-order valence-corrected chi connectivity index (χ1v) is 7.95. The number of amides is 1. The maximum absolute atomic E-state index is 13.0. The van der Waals surface area contributed by atoms with Gasteiger partial charge in [-0.3, -0.25) is 14.6 Å². The molecule has 2 rings (SSSR count). The van der Waals surface area contributed by atoms with Crippen LogP contribution in [0.3, 0.4) is 0 Å². The lowest BCUT2D eigenvalue weighted by atomic mass is 10.1. The van der Waals surface area contributed by atoms with Crippen LogP contribution in [0.15, 0.2) is 48.8 Å². The number of carbonyl (C=O) groups is 2. The zero-order chi connectivity index (χ0) is 18.2. The number of hydrogen-bond acceptors (Lipinski definition) is 5. The monoisotopic (exact) mass is 342 g/mol. The van der Waals surface area contributed by atoms with Crippen LogP contribution >= 0.6 is 0 Å². The lowest BCUT2D eigenvalue weighted by Crippen LogP contribution is -2.36. The molecule has 0 bridgehead atoms. The summed E-state index contributed by atoms with van der Waals surface area (Å²) in [6.07, 6.45) is 3.38. The Balaban J connectivity index is 2.25. The number of rotatable bonds is 7. The summed E-state index contributed by atoms with van der Waals surface area (Å²) in [5, 5.41) is 0. The number of nitrogens with zero attached hydrogens (tertiary/aromatic N) is 2. The fourth-order valence-electron chi connectivity index (χ4n) is 2.48. The predicted octanol–water partition coefficient (Wildman–Crippen LogP) is 2.54. The number of benzene rings is 1. The second-order valence-corrected chi connectivity index (χ2v) is 5.70. The number of methoxy groups -OCH3 is 2. The van der Waals surface area contributed by atoms with Gasteiger partial charge in [-0.25, -0.2) is 0 Å².